The summed E-state index contributed by atoms with van der Waals surface area (Å²) in [5.74, 6) is -0.684. The zero-order chi connectivity index (χ0) is 10.8. The van der Waals surface area contributed by atoms with Crippen molar-refractivity contribution < 1.29 is 9.90 Å². The molecule has 0 aromatic heterocycles. The van der Waals surface area contributed by atoms with E-state index in [2.05, 4.69) is 16.7 Å². The summed E-state index contributed by atoms with van der Waals surface area (Å²) >= 11 is 0. The SMILES string of the molecule is CC1CN2CCCC2CN1CCC(=O)O. The molecule has 0 saturated carbocycles. The van der Waals surface area contributed by atoms with Gasteiger partial charge in [0.1, 0.15) is 0 Å². The predicted octanol–water partition coefficient (Wildman–Crippen LogP) is 0.630. The molecule has 4 nitrogen and oxygen atoms in total. The molecular formula is C11H20N2O2. The summed E-state index contributed by atoms with van der Waals surface area (Å²) in [6.45, 7) is 6.33. The van der Waals surface area contributed by atoms with Crippen molar-refractivity contribution >= 4 is 5.97 Å². The van der Waals surface area contributed by atoms with Gasteiger partial charge >= 0.3 is 5.97 Å². The van der Waals surface area contributed by atoms with E-state index in [-0.39, 0.29) is 6.42 Å². The van der Waals surface area contributed by atoms with Crippen LogP contribution in [0.3, 0.4) is 0 Å². The van der Waals surface area contributed by atoms with Gasteiger partial charge in [-0.3, -0.25) is 14.6 Å². The first-order valence-electron chi connectivity index (χ1n) is 5.86. The molecule has 1 N–H and O–H groups in total. The lowest BCUT2D eigenvalue weighted by molar-refractivity contribution is -0.137. The van der Waals surface area contributed by atoms with Crippen LogP contribution in [0, 0.1) is 0 Å². The third-order valence-corrected chi connectivity index (χ3v) is 3.68. The quantitative estimate of drug-likeness (QED) is 0.745. The minimum atomic E-state index is -0.684. The van der Waals surface area contributed by atoms with E-state index in [1.165, 1.54) is 19.4 Å². The minimum Gasteiger partial charge on any atom is -0.481 e. The monoisotopic (exact) mass is 212 g/mol. The van der Waals surface area contributed by atoms with E-state index in [4.69, 9.17) is 5.11 Å². The van der Waals surface area contributed by atoms with Crippen LogP contribution in [0.5, 0.6) is 0 Å². The maximum absolute atomic E-state index is 10.5. The van der Waals surface area contributed by atoms with Crippen LogP contribution in [-0.4, -0.2) is 59.1 Å². The molecule has 0 bridgehead atoms. The van der Waals surface area contributed by atoms with E-state index in [0.29, 0.717) is 18.6 Å². The van der Waals surface area contributed by atoms with Crippen LogP contribution in [-0.2, 0) is 4.79 Å². The average molecular weight is 212 g/mol. The van der Waals surface area contributed by atoms with E-state index in [0.717, 1.165) is 13.1 Å². The van der Waals surface area contributed by atoms with Crippen LogP contribution in [0.25, 0.3) is 0 Å². The molecule has 2 saturated heterocycles. The molecule has 0 aromatic rings. The fourth-order valence-electron chi connectivity index (χ4n) is 2.80. The largest absolute Gasteiger partial charge is 0.481 e. The molecule has 0 aliphatic carbocycles. The Labute approximate surface area is 90.9 Å². The van der Waals surface area contributed by atoms with E-state index in [9.17, 15) is 4.79 Å². The molecule has 2 rings (SSSR count). The number of carboxylic acids is 1. The fourth-order valence-corrected chi connectivity index (χ4v) is 2.80. The average Bonchev–Trinajstić information content (AvgIpc) is 2.60. The standard InChI is InChI=1S/C11H20N2O2/c1-9-7-13-5-2-3-10(13)8-12(9)6-4-11(14)15/h9-10H,2-8H2,1H3,(H,14,15). The fraction of sp³-hybridized carbons (Fsp3) is 0.909. The van der Waals surface area contributed by atoms with E-state index < -0.39 is 5.97 Å². The second-order valence-corrected chi connectivity index (χ2v) is 4.78. The molecule has 2 aliphatic heterocycles. The first kappa shape index (κ1) is 10.9. The summed E-state index contributed by atoms with van der Waals surface area (Å²) in [6.07, 6.45) is 2.87. The number of piperazine rings is 1. The molecule has 2 unspecified atom stereocenters. The summed E-state index contributed by atoms with van der Waals surface area (Å²) in [4.78, 5) is 15.4. The summed E-state index contributed by atoms with van der Waals surface area (Å²) in [5, 5.41) is 8.68. The molecule has 2 fully saturated rings. The molecule has 86 valence electrons. The molecule has 4 heteroatoms. The van der Waals surface area contributed by atoms with E-state index >= 15 is 0 Å². The van der Waals surface area contributed by atoms with Gasteiger partial charge in [0.25, 0.3) is 0 Å². The normalized spacial score (nSPS) is 32.9. The van der Waals surface area contributed by atoms with Gasteiger partial charge in [0.15, 0.2) is 0 Å². The second-order valence-electron chi connectivity index (χ2n) is 4.78. The Hall–Kier alpha value is -0.610. The summed E-state index contributed by atoms with van der Waals surface area (Å²) in [6, 6.07) is 1.20. The van der Waals surface area contributed by atoms with Gasteiger partial charge < -0.3 is 5.11 Å². The predicted molar refractivity (Wildman–Crippen MR) is 57.9 cm³/mol. The molecule has 0 amide bonds. The topological polar surface area (TPSA) is 43.8 Å². The first-order chi connectivity index (χ1) is 7.16. The van der Waals surface area contributed by atoms with Crippen LogP contribution in [0.15, 0.2) is 0 Å². The minimum absolute atomic E-state index is 0.275. The number of hydrogen-bond acceptors (Lipinski definition) is 3. The third-order valence-electron chi connectivity index (χ3n) is 3.68. The lowest BCUT2D eigenvalue weighted by Gasteiger charge is -2.42. The lowest BCUT2D eigenvalue weighted by atomic mass is 10.1. The maximum atomic E-state index is 10.5. The Morgan fingerprint density at radius 3 is 3.00 bits per heavy atom. The van der Waals surface area contributed by atoms with Crippen molar-refractivity contribution in [3.63, 3.8) is 0 Å². The van der Waals surface area contributed by atoms with Crippen LogP contribution < -0.4 is 0 Å². The Morgan fingerprint density at radius 1 is 1.47 bits per heavy atom. The molecule has 0 aromatic carbocycles. The Bertz CT molecular complexity index is 245. The highest BCUT2D eigenvalue weighted by atomic mass is 16.4. The summed E-state index contributed by atoms with van der Waals surface area (Å²) in [5.41, 5.74) is 0. The molecular weight excluding hydrogens is 192 g/mol. The number of rotatable bonds is 3. The third kappa shape index (κ3) is 2.49. The first-order valence-corrected chi connectivity index (χ1v) is 5.86. The Morgan fingerprint density at radius 2 is 2.27 bits per heavy atom. The zero-order valence-corrected chi connectivity index (χ0v) is 9.35. The van der Waals surface area contributed by atoms with Crippen LogP contribution >= 0.6 is 0 Å². The van der Waals surface area contributed by atoms with Gasteiger partial charge in [-0.25, -0.2) is 0 Å². The zero-order valence-electron chi connectivity index (χ0n) is 9.35. The van der Waals surface area contributed by atoms with Gasteiger partial charge in [0.2, 0.25) is 0 Å². The Balaban J connectivity index is 1.86. The number of carbonyl (C=O) groups is 1. The number of aliphatic carboxylic acids is 1. The highest BCUT2D eigenvalue weighted by Crippen LogP contribution is 2.24. The number of fused-ring (bicyclic) bond motifs is 1. The second kappa shape index (κ2) is 4.49. The molecule has 2 atom stereocenters. The lowest BCUT2D eigenvalue weighted by Crippen LogP contribution is -2.55. The van der Waals surface area contributed by atoms with Crippen molar-refractivity contribution in [1.82, 2.24) is 9.80 Å². The van der Waals surface area contributed by atoms with Crippen molar-refractivity contribution in [2.75, 3.05) is 26.2 Å². The highest BCUT2D eigenvalue weighted by Gasteiger charge is 2.34. The molecule has 0 spiro atoms. The smallest absolute Gasteiger partial charge is 0.304 e. The van der Waals surface area contributed by atoms with Gasteiger partial charge in [-0.1, -0.05) is 0 Å². The van der Waals surface area contributed by atoms with Gasteiger partial charge in [0, 0.05) is 31.7 Å². The number of hydrogen-bond donors (Lipinski definition) is 1. The molecule has 2 aliphatic rings. The van der Waals surface area contributed by atoms with E-state index in [1.54, 1.807) is 0 Å². The highest BCUT2D eigenvalue weighted by molar-refractivity contribution is 5.66. The van der Waals surface area contributed by atoms with Crippen molar-refractivity contribution in [3.05, 3.63) is 0 Å². The molecule has 2 heterocycles. The van der Waals surface area contributed by atoms with Gasteiger partial charge in [-0.05, 0) is 26.3 Å². The Kier molecular flexibility index (Phi) is 3.26. The molecule has 15 heavy (non-hydrogen) atoms. The van der Waals surface area contributed by atoms with Gasteiger partial charge in [-0.2, -0.15) is 0 Å². The van der Waals surface area contributed by atoms with Crippen LogP contribution in [0.4, 0.5) is 0 Å². The van der Waals surface area contributed by atoms with E-state index in [1.807, 2.05) is 0 Å². The summed E-state index contributed by atoms with van der Waals surface area (Å²) in [7, 11) is 0. The van der Waals surface area contributed by atoms with Crippen LogP contribution in [0.2, 0.25) is 0 Å². The van der Waals surface area contributed by atoms with Crippen molar-refractivity contribution in [2.24, 2.45) is 0 Å². The van der Waals surface area contributed by atoms with Crippen LogP contribution in [0.1, 0.15) is 26.2 Å². The summed E-state index contributed by atoms with van der Waals surface area (Å²) < 4.78 is 0. The molecule has 0 radical (unpaired) electrons. The maximum Gasteiger partial charge on any atom is 0.304 e. The number of carboxylic acid groups (broad SMARTS) is 1. The number of nitrogens with zero attached hydrogens (tertiary/aromatic N) is 2. The van der Waals surface area contributed by atoms with Crippen molar-refractivity contribution in [3.8, 4) is 0 Å². The van der Waals surface area contributed by atoms with Crippen molar-refractivity contribution in [2.45, 2.75) is 38.3 Å². The van der Waals surface area contributed by atoms with Gasteiger partial charge in [0.05, 0.1) is 6.42 Å². The van der Waals surface area contributed by atoms with Gasteiger partial charge in [-0.15, -0.1) is 0 Å². The van der Waals surface area contributed by atoms with Crippen molar-refractivity contribution in [1.29, 1.82) is 0 Å².